The van der Waals surface area contributed by atoms with Crippen LogP contribution < -0.4 is 16.0 Å². The summed E-state index contributed by atoms with van der Waals surface area (Å²) in [7, 11) is 0. The molecule has 2 aromatic carbocycles. The van der Waals surface area contributed by atoms with Gasteiger partial charge in [-0.05, 0) is 61.1 Å². The predicted octanol–water partition coefficient (Wildman–Crippen LogP) is 3.84. The van der Waals surface area contributed by atoms with Crippen LogP contribution in [0.5, 0.6) is 0 Å². The molecular weight excluding hydrogens is 407 g/mol. The van der Waals surface area contributed by atoms with Gasteiger partial charge in [-0.25, -0.2) is 0 Å². The Kier molecular flexibility index (Phi) is 5.70. The fourth-order valence-electron chi connectivity index (χ4n) is 4.17. The van der Waals surface area contributed by atoms with E-state index in [0.29, 0.717) is 37.6 Å². The molecule has 166 valence electrons. The van der Waals surface area contributed by atoms with Crippen LogP contribution in [0, 0.1) is 0 Å². The number of benzene rings is 2. The van der Waals surface area contributed by atoms with Crippen molar-refractivity contribution in [2.24, 2.45) is 5.73 Å². The van der Waals surface area contributed by atoms with E-state index in [1.165, 1.54) is 17.2 Å². The highest BCUT2D eigenvalue weighted by atomic mass is 19.4. The fraction of sp³-hybridized carbons (Fsp3) is 0.435. The van der Waals surface area contributed by atoms with Gasteiger partial charge in [-0.2, -0.15) is 13.2 Å². The average molecular weight is 433 g/mol. The second-order valence-corrected chi connectivity index (χ2v) is 8.32. The van der Waals surface area contributed by atoms with Crippen molar-refractivity contribution in [2.45, 2.75) is 37.9 Å². The van der Waals surface area contributed by atoms with E-state index in [1.54, 1.807) is 6.92 Å². The molecule has 3 N–H and O–H groups in total. The minimum atomic E-state index is -4.52. The fourth-order valence-corrected chi connectivity index (χ4v) is 4.17. The van der Waals surface area contributed by atoms with E-state index in [9.17, 15) is 18.0 Å². The molecule has 0 radical (unpaired) electrons. The number of carbonyl (C=O) groups excluding carboxylic acids is 1. The van der Waals surface area contributed by atoms with E-state index in [1.807, 2.05) is 23.1 Å². The largest absolute Gasteiger partial charge is 0.416 e. The Morgan fingerprint density at radius 2 is 1.71 bits per heavy atom. The molecule has 1 aliphatic carbocycles. The van der Waals surface area contributed by atoms with Crippen LogP contribution in [0.3, 0.4) is 0 Å². The number of alkyl halides is 3. The molecular formula is C23H26F3N3O2. The second-order valence-electron chi connectivity index (χ2n) is 8.32. The molecule has 1 saturated heterocycles. The van der Waals surface area contributed by atoms with Gasteiger partial charge in [0, 0.05) is 13.1 Å². The maximum Gasteiger partial charge on any atom is 0.416 e. The molecule has 1 fully saturated rings. The molecule has 5 nitrogen and oxygen atoms in total. The third-order valence-electron chi connectivity index (χ3n) is 6.09. The molecule has 2 aliphatic rings. The maximum absolute atomic E-state index is 13.3. The lowest BCUT2D eigenvalue weighted by Gasteiger charge is -2.32. The Hall–Kier alpha value is -2.58. The second kappa shape index (κ2) is 8.16. The van der Waals surface area contributed by atoms with E-state index in [2.05, 4.69) is 5.32 Å². The molecule has 0 spiro atoms. The summed E-state index contributed by atoms with van der Waals surface area (Å²) in [6.45, 7) is 3.58. The van der Waals surface area contributed by atoms with Gasteiger partial charge in [0.25, 0.3) is 0 Å². The summed E-state index contributed by atoms with van der Waals surface area (Å²) < 4.78 is 45.3. The van der Waals surface area contributed by atoms with Gasteiger partial charge in [0.2, 0.25) is 5.91 Å². The average Bonchev–Trinajstić information content (AvgIpc) is 3.21. The van der Waals surface area contributed by atoms with Crippen molar-refractivity contribution in [3.8, 4) is 0 Å². The Balaban J connectivity index is 1.65. The Morgan fingerprint density at radius 3 is 2.42 bits per heavy atom. The standard InChI is InChI=1S/C23H26F3N3O2/c1-22(27,17-6-5-15-3-2-4-16(15)13-17)21(30)28-19-14-18(23(24,25)26)7-8-20(19)29-9-11-31-12-10-29/h5-8,13-14H,2-4,9-12,27H2,1H3,(H,28,30)/t22-/m1/s1. The number of hydrogen-bond acceptors (Lipinski definition) is 4. The van der Waals surface area contributed by atoms with Crippen LogP contribution in [0.25, 0.3) is 0 Å². The molecule has 1 atom stereocenters. The zero-order chi connectivity index (χ0) is 22.2. The molecule has 4 rings (SSSR count). The van der Waals surface area contributed by atoms with Gasteiger partial charge >= 0.3 is 6.18 Å². The monoisotopic (exact) mass is 433 g/mol. The first-order chi connectivity index (χ1) is 14.7. The number of ether oxygens (including phenoxy) is 1. The van der Waals surface area contributed by atoms with Crippen molar-refractivity contribution in [1.29, 1.82) is 0 Å². The van der Waals surface area contributed by atoms with Crippen LogP contribution >= 0.6 is 0 Å². The third kappa shape index (κ3) is 4.41. The number of halogens is 3. The number of hydrogen-bond donors (Lipinski definition) is 2. The summed E-state index contributed by atoms with van der Waals surface area (Å²) >= 11 is 0. The Morgan fingerprint density at radius 1 is 1.03 bits per heavy atom. The summed E-state index contributed by atoms with van der Waals surface area (Å²) in [6, 6.07) is 9.16. The van der Waals surface area contributed by atoms with Crippen LogP contribution in [0.2, 0.25) is 0 Å². The van der Waals surface area contributed by atoms with Crippen molar-refractivity contribution < 1.29 is 22.7 Å². The summed E-state index contributed by atoms with van der Waals surface area (Å²) in [5.41, 5.74) is 7.89. The zero-order valence-corrected chi connectivity index (χ0v) is 17.4. The number of anilines is 2. The van der Waals surface area contributed by atoms with E-state index in [4.69, 9.17) is 10.5 Å². The van der Waals surface area contributed by atoms with Crippen LogP contribution in [-0.2, 0) is 34.1 Å². The molecule has 1 amide bonds. The highest BCUT2D eigenvalue weighted by molar-refractivity contribution is 6.01. The van der Waals surface area contributed by atoms with Gasteiger partial charge in [0.1, 0.15) is 5.54 Å². The van der Waals surface area contributed by atoms with Crippen LogP contribution in [-0.4, -0.2) is 32.2 Å². The highest BCUT2D eigenvalue weighted by Crippen LogP contribution is 2.36. The maximum atomic E-state index is 13.3. The van der Waals surface area contributed by atoms with Crippen molar-refractivity contribution in [2.75, 3.05) is 36.5 Å². The number of carbonyl (C=O) groups is 1. The molecule has 0 unspecified atom stereocenters. The molecule has 0 saturated carbocycles. The van der Waals surface area contributed by atoms with Crippen molar-refractivity contribution in [1.82, 2.24) is 0 Å². The summed E-state index contributed by atoms with van der Waals surface area (Å²) in [6.07, 6.45) is -1.50. The topological polar surface area (TPSA) is 67.6 Å². The van der Waals surface area contributed by atoms with Gasteiger partial charge in [-0.15, -0.1) is 0 Å². The Labute approximate surface area is 179 Å². The quantitative estimate of drug-likeness (QED) is 0.769. The van der Waals surface area contributed by atoms with Crippen LogP contribution in [0.15, 0.2) is 36.4 Å². The summed E-state index contributed by atoms with van der Waals surface area (Å²) in [5, 5.41) is 2.68. The van der Waals surface area contributed by atoms with Gasteiger partial charge in [0.15, 0.2) is 0 Å². The minimum Gasteiger partial charge on any atom is -0.378 e. The van der Waals surface area contributed by atoms with Gasteiger partial charge < -0.3 is 20.7 Å². The number of fused-ring (bicyclic) bond motifs is 1. The number of nitrogens with two attached hydrogens (primary N) is 1. The first kappa shape index (κ1) is 21.6. The smallest absolute Gasteiger partial charge is 0.378 e. The molecule has 8 heteroatoms. The lowest BCUT2D eigenvalue weighted by atomic mass is 9.89. The van der Waals surface area contributed by atoms with E-state index < -0.39 is 23.2 Å². The first-order valence-corrected chi connectivity index (χ1v) is 10.4. The number of aryl methyl sites for hydroxylation is 2. The molecule has 1 aliphatic heterocycles. The number of amides is 1. The SMILES string of the molecule is C[C@](N)(C(=O)Nc1cc(C(F)(F)F)ccc1N1CCOCC1)c1ccc2c(c1)CCC2. The Bertz CT molecular complexity index is 983. The molecule has 0 aromatic heterocycles. The van der Waals surface area contributed by atoms with Gasteiger partial charge in [-0.3, -0.25) is 4.79 Å². The molecule has 2 aromatic rings. The number of nitrogens with zero attached hydrogens (tertiary/aromatic N) is 1. The number of morpholine rings is 1. The first-order valence-electron chi connectivity index (χ1n) is 10.4. The third-order valence-corrected chi connectivity index (χ3v) is 6.09. The lowest BCUT2D eigenvalue weighted by Crippen LogP contribution is -2.46. The lowest BCUT2D eigenvalue weighted by molar-refractivity contribution is -0.137. The molecule has 1 heterocycles. The van der Waals surface area contributed by atoms with Crippen molar-refractivity contribution in [3.63, 3.8) is 0 Å². The van der Waals surface area contributed by atoms with E-state index in [-0.39, 0.29) is 5.69 Å². The van der Waals surface area contributed by atoms with Gasteiger partial charge in [-0.1, -0.05) is 18.2 Å². The highest BCUT2D eigenvalue weighted by Gasteiger charge is 2.35. The summed E-state index contributed by atoms with van der Waals surface area (Å²) in [5.74, 6) is -0.556. The van der Waals surface area contributed by atoms with Gasteiger partial charge in [0.05, 0.1) is 30.2 Å². The molecule has 31 heavy (non-hydrogen) atoms. The minimum absolute atomic E-state index is 0.0968. The van der Waals surface area contributed by atoms with Crippen LogP contribution in [0.4, 0.5) is 24.5 Å². The summed E-state index contributed by atoms with van der Waals surface area (Å²) in [4.78, 5) is 15.1. The molecule has 0 bridgehead atoms. The number of rotatable bonds is 4. The zero-order valence-electron chi connectivity index (χ0n) is 17.4. The van der Waals surface area contributed by atoms with Crippen molar-refractivity contribution >= 4 is 17.3 Å². The predicted molar refractivity (Wildman–Crippen MR) is 113 cm³/mol. The van der Waals surface area contributed by atoms with Crippen LogP contribution in [0.1, 0.15) is 35.6 Å². The normalized spacial score (nSPS) is 18.4. The van der Waals surface area contributed by atoms with Crippen molar-refractivity contribution in [3.05, 3.63) is 58.7 Å². The van der Waals surface area contributed by atoms with E-state index in [0.717, 1.165) is 31.4 Å². The van der Waals surface area contributed by atoms with E-state index >= 15 is 0 Å². The number of nitrogens with one attached hydrogen (secondary N) is 1.